The number of hydrogen-bond donors (Lipinski definition) is 1. The number of amides is 1. The van der Waals surface area contributed by atoms with E-state index in [1.165, 1.54) is 18.2 Å². The van der Waals surface area contributed by atoms with Gasteiger partial charge in [-0.15, -0.1) is 0 Å². The van der Waals surface area contributed by atoms with E-state index in [1.807, 2.05) is 4.57 Å². The van der Waals surface area contributed by atoms with Crippen LogP contribution in [0.5, 0.6) is 0 Å². The lowest BCUT2D eigenvalue weighted by Gasteiger charge is -2.28. The van der Waals surface area contributed by atoms with Gasteiger partial charge in [-0.25, -0.2) is 4.98 Å². The predicted octanol–water partition coefficient (Wildman–Crippen LogP) is 3.30. The Kier molecular flexibility index (Phi) is 5.55. The summed E-state index contributed by atoms with van der Waals surface area (Å²) in [4.78, 5) is 19.0. The first-order valence-electron chi connectivity index (χ1n) is 8.95. The molecule has 1 N–H and O–H groups in total. The van der Waals surface area contributed by atoms with E-state index in [-0.39, 0.29) is 17.8 Å². The first kappa shape index (κ1) is 19.4. The number of carbonyl (C=O) groups is 1. The number of nitrogens with zero attached hydrogens (tertiary/aromatic N) is 3. The fraction of sp³-hybridized carbons (Fsp3) is 0.474. The lowest BCUT2D eigenvalue weighted by molar-refractivity contribution is -0.138. The van der Waals surface area contributed by atoms with E-state index >= 15 is 0 Å². The van der Waals surface area contributed by atoms with Gasteiger partial charge in [0, 0.05) is 32.4 Å². The van der Waals surface area contributed by atoms with Gasteiger partial charge < -0.3 is 9.88 Å². The zero-order valence-corrected chi connectivity index (χ0v) is 15.4. The van der Waals surface area contributed by atoms with Crippen molar-refractivity contribution in [3.63, 3.8) is 0 Å². The topological polar surface area (TPSA) is 50.2 Å². The second-order valence-corrected chi connectivity index (χ2v) is 7.20. The normalized spacial score (nSPS) is 15.0. The summed E-state index contributed by atoms with van der Waals surface area (Å²) in [5, 5.41) is 2.55. The highest BCUT2D eigenvalue weighted by Gasteiger charge is 2.33. The highest BCUT2D eigenvalue weighted by atomic mass is 19.4. The Hall–Kier alpha value is -2.35. The average Bonchev–Trinajstić information content (AvgIpc) is 3.02. The van der Waals surface area contributed by atoms with Crippen molar-refractivity contribution in [2.24, 2.45) is 5.92 Å². The number of halogens is 3. The molecule has 1 aliphatic rings. The Balaban J connectivity index is 1.66. The van der Waals surface area contributed by atoms with Crippen molar-refractivity contribution < 1.29 is 18.0 Å². The average molecular weight is 380 g/mol. The minimum atomic E-state index is -4.45. The van der Waals surface area contributed by atoms with Crippen molar-refractivity contribution in [1.82, 2.24) is 19.8 Å². The van der Waals surface area contributed by atoms with Crippen LogP contribution in [0.3, 0.4) is 0 Å². The van der Waals surface area contributed by atoms with Crippen LogP contribution in [0.15, 0.2) is 30.5 Å². The van der Waals surface area contributed by atoms with Crippen molar-refractivity contribution in [3.05, 3.63) is 53.1 Å². The number of nitrogens with one attached hydrogen (secondary N) is 1. The summed E-state index contributed by atoms with van der Waals surface area (Å²) >= 11 is 0. The van der Waals surface area contributed by atoms with E-state index in [0.29, 0.717) is 12.5 Å². The number of aromatic nitrogens is 2. The van der Waals surface area contributed by atoms with Crippen LogP contribution in [0.25, 0.3) is 0 Å². The first-order valence-corrected chi connectivity index (χ1v) is 8.95. The predicted molar refractivity (Wildman–Crippen MR) is 95.0 cm³/mol. The number of hydrogen-bond acceptors (Lipinski definition) is 3. The van der Waals surface area contributed by atoms with Gasteiger partial charge in [0.2, 0.25) is 0 Å². The Morgan fingerprint density at radius 2 is 2.00 bits per heavy atom. The Morgan fingerprint density at radius 1 is 1.26 bits per heavy atom. The molecule has 0 radical (unpaired) electrons. The molecular weight excluding hydrogens is 357 g/mol. The fourth-order valence-corrected chi connectivity index (χ4v) is 3.30. The summed E-state index contributed by atoms with van der Waals surface area (Å²) in [7, 11) is 0. The van der Waals surface area contributed by atoms with Crippen molar-refractivity contribution in [1.29, 1.82) is 0 Å². The van der Waals surface area contributed by atoms with Crippen LogP contribution in [-0.2, 0) is 25.8 Å². The molecule has 2 heterocycles. The van der Waals surface area contributed by atoms with Crippen molar-refractivity contribution in [3.8, 4) is 0 Å². The van der Waals surface area contributed by atoms with Gasteiger partial charge in [-0.1, -0.05) is 32.0 Å². The Labute approximate surface area is 156 Å². The largest absolute Gasteiger partial charge is 0.416 e. The Morgan fingerprint density at radius 3 is 2.70 bits per heavy atom. The number of rotatable bonds is 5. The molecule has 0 saturated heterocycles. The van der Waals surface area contributed by atoms with E-state index in [4.69, 9.17) is 0 Å². The SMILES string of the molecule is CC(C)CN1CCn2cc(C(=O)NCc3ccccc3C(F)(F)F)nc2C1. The summed E-state index contributed by atoms with van der Waals surface area (Å²) < 4.78 is 41.1. The summed E-state index contributed by atoms with van der Waals surface area (Å²) in [5.41, 5.74) is -0.468. The van der Waals surface area contributed by atoms with Crippen LogP contribution in [0.4, 0.5) is 13.2 Å². The third kappa shape index (κ3) is 4.68. The summed E-state index contributed by atoms with van der Waals surface area (Å²) in [6.07, 6.45) is -2.78. The molecule has 0 atom stereocenters. The van der Waals surface area contributed by atoms with Gasteiger partial charge in [-0.05, 0) is 17.5 Å². The maximum atomic E-state index is 13.0. The van der Waals surface area contributed by atoms with Crippen LogP contribution in [0, 0.1) is 5.92 Å². The maximum Gasteiger partial charge on any atom is 0.416 e. The molecule has 1 amide bonds. The minimum absolute atomic E-state index is 0.0328. The molecule has 1 aromatic heterocycles. The van der Waals surface area contributed by atoms with Crippen LogP contribution in [-0.4, -0.2) is 33.4 Å². The monoisotopic (exact) mass is 380 g/mol. The van der Waals surface area contributed by atoms with E-state index < -0.39 is 17.6 Å². The third-order valence-electron chi connectivity index (χ3n) is 4.50. The summed E-state index contributed by atoms with van der Waals surface area (Å²) in [5.74, 6) is 0.884. The molecule has 0 bridgehead atoms. The van der Waals surface area contributed by atoms with Gasteiger partial charge in [-0.3, -0.25) is 9.69 Å². The van der Waals surface area contributed by atoms with E-state index in [2.05, 4.69) is 29.0 Å². The third-order valence-corrected chi connectivity index (χ3v) is 4.50. The standard InChI is InChI=1S/C19H23F3N4O/c1-13(2)10-25-7-8-26-11-16(24-17(26)12-25)18(27)23-9-14-5-3-4-6-15(14)19(20,21)22/h3-6,11,13H,7-10,12H2,1-2H3,(H,23,27). The lowest BCUT2D eigenvalue weighted by atomic mass is 10.1. The van der Waals surface area contributed by atoms with E-state index in [0.717, 1.165) is 31.5 Å². The van der Waals surface area contributed by atoms with Crippen LogP contribution >= 0.6 is 0 Å². The molecule has 3 rings (SSSR count). The van der Waals surface area contributed by atoms with E-state index in [9.17, 15) is 18.0 Å². The molecule has 0 spiro atoms. The molecule has 0 saturated carbocycles. The number of alkyl halides is 3. The molecule has 8 heteroatoms. The molecule has 0 fully saturated rings. The summed E-state index contributed by atoms with van der Waals surface area (Å²) in [6, 6.07) is 5.24. The molecular formula is C19H23F3N4O. The van der Waals surface area contributed by atoms with E-state index in [1.54, 1.807) is 6.20 Å². The molecule has 1 aromatic carbocycles. The second kappa shape index (κ2) is 7.72. The minimum Gasteiger partial charge on any atom is -0.347 e. The zero-order valence-electron chi connectivity index (χ0n) is 15.4. The molecule has 2 aromatic rings. The van der Waals surface area contributed by atoms with Crippen molar-refractivity contribution in [2.75, 3.05) is 13.1 Å². The van der Waals surface area contributed by atoms with Gasteiger partial charge in [0.25, 0.3) is 5.91 Å². The molecule has 0 unspecified atom stereocenters. The molecule has 1 aliphatic heterocycles. The summed E-state index contributed by atoms with van der Waals surface area (Å²) in [6.45, 7) is 7.37. The highest BCUT2D eigenvalue weighted by molar-refractivity contribution is 5.92. The van der Waals surface area contributed by atoms with Gasteiger partial charge >= 0.3 is 6.18 Å². The van der Waals surface area contributed by atoms with Gasteiger partial charge in [-0.2, -0.15) is 13.2 Å². The number of benzene rings is 1. The fourth-order valence-electron chi connectivity index (χ4n) is 3.30. The molecule has 5 nitrogen and oxygen atoms in total. The first-order chi connectivity index (χ1) is 12.7. The smallest absolute Gasteiger partial charge is 0.347 e. The van der Waals surface area contributed by atoms with Crippen molar-refractivity contribution >= 4 is 5.91 Å². The van der Waals surface area contributed by atoms with Crippen LogP contribution in [0.1, 0.15) is 41.3 Å². The zero-order chi connectivity index (χ0) is 19.6. The van der Waals surface area contributed by atoms with Gasteiger partial charge in [0.05, 0.1) is 12.1 Å². The second-order valence-electron chi connectivity index (χ2n) is 7.20. The number of fused-ring (bicyclic) bond motifs is 1. The highest BCUT2D eigenvalue weighted by Crippen LogP contribution is 2.31. The molecule has 27 heavy (non-hydrogen) atoms. The Bertz CT molecular complexity index is 814. The van der Waals surface area contributed by atoms with Crippen molar-refractivity contribution in [2.45, 2.75) is 39.7 Å². The van der Waals surface area contributed by atoms with Gasteiger partial charge in [0.1, 0.15) is 11.5 Å². The maximum absolute atomic E-state index is 13.0. The quantitative estimate of drug-likeness (QED) is 0.866. The number of imidazole rings is 1. The molecule has 146 valence electrons. The van der Waals surface area contributed by atoms with Gasteiger partial charge in [0.15, 0.2) is 0 Å². The molecule has 0 aliphatic carbocycles. The van der Waals surface area contributed by atoms with Crippen LogP contribution in [0.2, 0.25) is 0 Å². The number of carbonyl (C=O) groups excluding carboxylic acids is 1. The van der Waals surface area contributed by atoms with Crippen LogP contribution < -0.4 is 5.32 Å². The lowest BCUT2D eigenvalue weighted by Crippen LogP contribution is -2.35.